The van der Waals surface area contributed by atoms with E-state index in [0.29, 0.717) is 0 Å². The summed E-state index contributed by atoms with van der Waals surface area (Å²) >= 11 is 0. The Bertz CT molecular complexity index is 526. The van der Waals surface area contributed by atoms with Crippen LogP contribution in [0.25, 0.3) is 0 Å². The molecule has 2 fully saturated rings. The first-order valence-corrected chi connectivity index (χ1v) is 10.7. The summed E-state index contributed by atoms with van der Waals surface area (Å²) in [4.78, 5) is 24.0. The molecule has 1 amide bonds. The van der Waals surface area contributed by atoms with Crippen LogP contribution in [0.5, 0.6) is 0 Å². The van der Waals surface area contributed by atoms with E-state index in [2.05, 4.69) is 39.3 Å². The van der Waals surface area contributed by atoms with Crippen molar-refractivity contribution in [2.24, 2.45) is 4.99 Å². The van der Waals surface area contributed by atoms with Gasteiger partial charge in [-0.05, 0) is 60.7 Å². The topological polar surface area (TPSA) is 72.4 Å². The third-order valence-electron chi connectivity index (χ3n) is 5.03. The minimum absolute atomic E-state index is 0. The van der Waals surface area contributed by atoms with Crippen LogP contribution in [0.3, 0.4) is 0 Å². The predicted molar refractivity (Wildman–Crippen MR) is 129 cm³/mol. The number of carbonyl (C=O) groups is 1. The second-order valence-corrected chi connectivity index (χ2v) is 8.81. The van der Waals surface area contributed by atoms with Gasteiger partial charge in [0.25, 0.3) is 0 Å². The van der Waals surface area contributed by atoms with Crippen LogP contribution in [0, 0.1) is 0 Å². The van der Waals surface area contributed by atoms with Crippen LogP contribution in [0.1, 0.15) is 40.5 Å². The molecule has 1 unspecified atom stereocenters. The number of halogens is 1. The van der Waals surface area contributed by atoms with Gasteiger partial charge >= 0.3 is 6.09 Å². The van der Waals surface area contributed by atoms with Gasteiger partial charge in [0.1, 0.15) is 5.60 Å². The summed E-state index contributed by atoms with van der Waals surface area (Å²) in [5.74, 6) is 0.947. The Morgan fingerprint density at radius 1 is 1.17 bits per heavy atom. The number of amides is 1. The summed E-state index contributed by atoms with van der Waals surface area (Å²) in [7, 11) is 2.19. The van der Waals surface area contributed by atoms with Gasteiger partial charge in [-0.25, -0.2) is 4.79 Å². The molecule has 0 aromatic rings. The van der Waals surface area contributed by atoms with Crippen LogP contribution in [-0.4, -0.2) is 104 Å². The quantitative estimate of drug-likeness (QED) is 0.325. The number of carbonyl (C=O) groups excluding carboxylic acids is 1. The van der Waals surface area contributed by atoms with E-state index in [0.717, 1.165) is 64.7 Å². The number of ether oxygens (including phenoxy) is 1. The largest absolute Gasteiger partial charge is 0.444 e. The molecule has 1 atom stereocenters. The maximum Gasteiger partial charge on any atom is 0.407 e. The molecule has 0 saturated carbocycles. The molecule has 0 bridgehead atoms. The molecular formula is C20H41IN6O2. The SMILES string of the molecule is CCNC(=NCCN1CCCN(C)CC1)N1CCC(NC(=O)OC(C)(C)C)C1.I. The van der Waals surface area contributed by atoms with E-state index in [4.69, 9.17) is 9.73 Å². The number of likely N-dealkylation sites (tertiary alicyclic amines) is 1. The minimum atomic E-state index is -0.471. The van der Waals surface area contributed by atoms with E-state index in [1.807, 2.05) is 20.8 Å². The third-order valence-corrected chi connectivity index (χ3v) is 5.03. The molecule has 2 heterocycles. The van der Waals surface area contributed by atoms with Crippen molar-refractivity contribution in [1.82, 2.24) is 25.3 Å². The Morgan fingerprint density at radius 3 is 2.62 bits per heavy atom. The van der Waals surface area contributed by atoms with E-state index >= 15 is 0 Å². The van der Waals surface area contributed by atoms with Crippen molar-refractivity contribution >= 4 is 36.0 Å². The molecule has 0 aliphatic carbocycles. The lowest BCUT2D eigenvalue weighted by molar-refractivity contribution is 0.0507. The maximum absolute atomic E-state index is 12.0. The minimum Gasteiger partial charge on any atom is -0.444 e. The fraction of sp³-hybridized carbons (Fsp3) is 0.900. The van der Waals surface area contributed by atoms with Gasteiger partial charge in [0.15, 0.2) is 5.96 Å². The lowest BCUT2D eigenvalue weighted by Crippen LogP contribution is -2.44. The molecule has 0 radical (unpaired) electrons. The Balaban J connectivity index is 0.00000420. The fourth-order valence-corrected chi connectivity index (χ4v) is 3.59. The van der Waals surface area contributed by atoms with Crippen molar-refractivity contribution in [1.29, 1.82) is 0 Å². The summed E-state index contributed by atoms with van der Waals surface area (Å²) in [6.45, 7) is 16.6. The molecule has 29 heavy (non-hydrogen) atoms. The van der Waals surface area contributed by atoms with Crippen molar-refractivity contribution in [3.05, 3.63) is 0 Å². The standard InChI is InChI=1S/C20H40N6O2.HI/c1-6-21-18(22-9-13-25-11-7-10-24(5)14-15-25)26-12-8-17(16-26)23-19(27)28-20(2,3)4;/h17H,6-16H2,1-5H3,(H,21,22)(H,23,27);1H. The van der Waals surface area contributed by atoms with Gasteiger partial charge in [-0.1, -0.05) is 0 Å². The second-order valence-electron chi connectivity index (χ2n) is 8.81. The zero-order valence-corrected chi connectivity index (χ0v) is 21.2. The van der Waals surface area contributed by atoms with Gasteiger partial charge < -0.3 is 30.1 Å². The van der Waals surface area contributed by atoms with Crippen LogP contribution in [0.4, 0.5) is 4.79 Å². The lowest BCUT2D eigenvalue weighted by atomic mass is 10.2. The van der Waals surface area contributed by atoms with Crippen molar-refractivity contribution in [3.63, 3.8) is 0 Å². The van der Waals surface area contributed by atoms with Crippen molar-refractivity contribution in [2.45, 2.75) is 52.2 Å². The first kappa shape index (κ1) is 26.2. The zero-order chi connectivity index (χ0) is 20.6. The summed E-state index contributed by atoms with van der Waals surface area (Å²) in [6, 6.07) is 0.0971. The Hall–Kier alpha value is -0.810. The number of alkyl carbamates (subject to hydrolysis) is 1. The second kappa shape index (κ2) is 12.8. The number of hydrogen-bond acceptors (Lipinski definition) is 5. The summed E-state index contributed by atoms with van der Waals surface area (Å²) in [5, 5.41) is 6.38. The van der Waals surface area contributed by atoms with Crippen LogP contribution in [0.2, 0.25) is 0 Å². The van der Waals surface area contributed by atoms with Crippen LogP contribution >= 0.6 is 24.0 Å². The number of hydrogen-bond donors (Lipinski definition) is 2. The number of nitrogens with zero attached hydrogens (tertiary/aromatic N) is 4. The molecule has 0 aromatic heterocycles. The van der Waals surface area contributed by atoms with Crippen LogP contribution in [0.15, 0.2) is 4.99 Å². The highest BCUT2D eigenvalue weighted by atomic mass is 127. The molecule has 0 spiro atoms. The van der Waals surface area contributed by atoms with E-state index in [-0.39, 0.29) is 36.1 Å². The predicted octanol–water partition coefficient (Wildman–Crippen LogP) is 1.81. The highest BCUT2D eigenvalue weighted by Gasteiger charge is 2.27. The zero-order valence-electron chi connectivity index (χ0n) is 18.9. The molecule has 9 heteroatoms. The molecule has 2 rings (SSSR count). The van der Waals surface area contributed by atoms with Crippen molar-refractivity contribution in [2.75, 3.05) is 66.0 Å². The van der Waals surface area contributed by atoms with Gasteiger partial charge in [-0.15, -0.1) is 24.0 Å². The number of aliphatic imine (C=N–C) groups is 1. The average molecular weight is 524 g/mol. The van der Waals surface area contributed by atoms with Gasteiger partial charge in [0.05, 0.1) is 12.6 Å². The normalized spacial score (nSPS) is 22.0. The molecule has 0 aromatic carbocycles. The number of likely N-dealkylation sites (N-methyl/N-ethyl adjacent to an activating group) is 1. The Labute approximate surface area is 193 Å². The number of rotatable bonds is 5. The van der Waals surface area contributed by atoms with Gasteiger partial charge in [-0.3, -0.25) is 4.99 Å². The first-order chi connectivity index (χ1) is 13.3. The molecule has 2 aliphatic rings. The monoisotopic (exact) mass is 524 g/mol. The van der Waals surface area contributed by atoms with Gasteiger partial charge in [0.2, 0.25) is 0 Å². The Kier molecular flexibility index (Phi) is 11.6. The molecule has 170 valence electrons. The molecular weight excluding hydrogens is 483 g/mol. The lowest BCUT2D eigenvalue weighted by Gasteiger charge is -2.24. The molecule has 2 saturated heterocycles. The Morgan fingerprint density at radius 2 is 1.93 bits per heavy atom. The average Bonchev–Trinajstić information content (AvgIpc) is 2.94. The van der Waals surface area contributed by atoms with Crippen molar-refractivity contribution in [3.8, 4) is 0 Å². The number of nitrogens with one attached hydrogen (secondary N) is 2. The van der Waals surface area contributed by atoms with Crippen molar-refractivity contribution < 1.29 is 9.53 Å². The number of guanidine groups is 1. The van der Waals surface area contributed by atoms with E-state index in [1.54, 1.807) is 0 Å². The van der Waals surface area contributed by atoms with Gasteiger partial charge in [-0.2, -0.15) is 0 Å². The first-order valence-electron chi connectivity index (χ1n) is 10.7. The van der Waals surface area contributed by atoms with Crippen LogP contribution in [-0.2, 0) is 4.74 Å². The molecule has 8 nitrogen and oxygen atoms in total. The smallest absolute Gasteiger partial charge is 0.407 e. The summed E-state index contributed by atoms with van der Waals surface area (Å²) in [5.41, 5.74) is -0.471. The van der Waals surface area contributed by atoms with E-state index in [9.17, 15) is 4.79 Å². The highest BCUT2D eigenvalue weighted by Crippen LogP contribution is 2.12. The van der Waals surface area contributed by atoms with Gasteiger partial charge in [0, 0.05) is 39.3 Å². The molecule has 2 aliphatic heterocycles. The highest BCUT2D eigenvalue weighted by molar-refractivity contribution is 14.0. The van der Waals surface area contributed by atoms with E-state index < -0.39 is 5.60 Å². The third kappa shape index (κ3) is 10.2. The summed E-state index contributed by atoms with van der Waals surface area (Å²) in [6.07, 6.45) is 1.79. The van der Waals surface area contributed by atoms with Crippen LogP contribution < -0.4 is 10.6 Å². The maximum atomic E-state index is 12.0. The summed E-state index contributed by atoms with van der Waals surface area (Å²) < 4.78 is 5.37. The molecule has 2 N–H and O–H groups in total. The van der Waals surface area contributed by atoms with E-state index in [1.165, 1.54) is 13.0 Å². The fourth-order valence-electron chi connectivity index (χ4n) is 3.59.